The monoisotopic (exact) mass is 381 g/mol. The zero-order valence-corrected chi connectivity index (χ0v) is 15.4. The Hall–Kier alpha value is -3.26. The SMILES string of the molecule is Cc1onc(-c2ccccc2)c1-c1nnc(-c2ccc(S(C)(=O)=O)cc2)o1. The number of nitrogens with zero attached hydrogens (tertiary/aromatic N) is 3. The summed E-state index contributed by atoms with van der Waals surface area (Å²) in [5.74, 6) is 1.14. The zero-order valence-electron chi connectivity index (χ0n) is 14.6. The van der Waals surface area contributed by atoms with E-state index in [9.17, 15) is 8.42 Å². The molecule has 0 bridgehead atoms. The summed E-state index contributed by atoms with van der Waals surface area (Å²) in [6.45, 7) is 1.78. The van der Waals surface area contributed by atoms with Crippen LogP contribution in [0.4, 0.5) is 0 Å². The molecule has 8 heteroatoms. The molecule has 0 radical (unpaired) electrons. The summed E-state index contributed by atoms with van der Waals surface area (Å²) in [7, 11) is -3.26. The molecule has 2 aromatic heterocycles. The Morgan fingerprint density at radius 1 is 0.852 bits per heavy atom. The zero-order chi connectivity index (χ0) is 19.0. The van der Waals surface area contributed by atoms with Crippen LogP contribution >= 0.6 is 0 Å². The summed E-state index contributed by atoms with van der Waals surface area (Å²) in [6.07, 6.45) is 1.16. The summed E-state index contributed by atoms with van der Waals surface area (Å²) >= 11 is 0. The van der Waals surface area contributed by atoms with Gasteiger partial charge in [-0.05, 0) is 31.2 Å². The first-order valence-corrected chi connectivity index (χ1v) is 9.98. The summed E-state index contributed by atoms with van der Waals surface area (Å²) in [4.78, 5) is 0.229. The van der Waals surface area contributed by atoms with Crippen molar-refractivity contribution in [2.24, 2.45) is 0 Å². The molecule has 0 saturated heterocycles. The highest BCUT2D eigenvalue weighted by atomic mass is 32.2. The van der Waals surface area contributed by atoms with Gasteiger partial charge < -0.3 is 8.94 Å². The van der Waals surface area contributed by atoms with Gasteiger partial charge in [-0.1, -0.05) is 35.5 Å². The van der Waals surface area contributed by atoms with Gasteiger partial charge in [0.1, 0.15) is 17.0 Å². The van der Waals surface area contributed by atoms with Crippen molar-refractivity contribution < 1.29 is 17.4 Å². The van der Waals surface area contributed by atoms with Gasteiger partial charge in [-0.15, -0.1) is 10.2 Å². The Morgan fingerprint density at radius 3 is 2.19 bits per heavy atom. The van der Waals surface area contributed by atoms with Crippen LogP contribution < -0.4 is 0 Å². The smallest absolute Gasteiger partial charge is 0.254 e. The molecule has 0 amide bonds. The minimum atomic E-state index is -3.26. The number of hydrogen-bond donors (Lipinski definition) is 0. The molecular weight excluding hydrogens is 366 g/mol. The lowest BCUT2D eigenvalue weighted by molar-refractivity contribution is 0.399. The van der Waals surface area contributed by atoms with Gasteiger partial charge in [0.15, 0.2) is 9.84 Å². The van der Waals surface area contributed by atoms with Crippen molar-refractivity contribution in [1.82, 2.24) is 15.4 Å². The Morgan fingerprint density at radius 2 is 1.52 bits per heavy atom. The maximum Gasteiger partial charge on any atom is 0.254 e. The number of sulfone groups is 1. The van der Waals surface area contributed by atoms with Gasteiger partial charge in [-0.3, -0.25) is 0 Å². The van der Waals surface area contributed by atoms with Crippen molar-refractivity contribution >= 4 is 9.84 Å². The predicted molar refractivity (Wildman–Crippen MR) is 98.5 cm³/mol. The molecule has 0 atom stereocenters. The van der Waals surface area contributed by atoms with Crippen LogP contribution in [0.2, 0.25) is 0 Å². The van der Waals surface area contributed by atoms with Gasteiger partial charge in [-0.2, -0.15) is 0 Å². The molecule has 0 aliphatic carbocycles. The van der Waals surface area contributed by atoms with E-state index in [0.717, 1.165) is 11.8 Å². The highest BCUT2D eigenvalue weighted by Crippen LogP contribution is 2.34. The van der Waals surface area contributed by atoms with Crippen molar-refractivity contribution in [2.45, 2.75) is 11.8 Å². The summed E-state index contributed by atoms with van der Waals surface area (Å²) in [6, 6.07) is 15.9. The number of hydrogen-bond acceptors (Lipinski definition) is 7. The lowest BCUT2D eigenvalue weighted by Gasteiger charge is -1.99. The topological polar surface area (TPSA) is 99.1 Å². The van der Waals surface area contributed by atoms with Crippen LogP contribution in [0.1, 0.15) is 5.76 Å². The van der Waals surface area contributed by atoms with E-state index in [1.54, 1.807) is 19.1 Å². The summed E-state index contributed by atoms with van der Waals surface area (Å²) in [5, 5.41) is 12.3. The second kappa shape index (κ2) is 6.48. The van der Waals surface area contributed by atoms with Gasteiger partial charge in [-0.25, -0.2) is 8.42 Å². The van der Waals surface area contributed by atoms with Crippen molar-refractivity contribution in [3.63, 3.8) is 0 Å². The maximum absolute atomic E-state index is 11.6. The largest absolute Gasteiger partial charge is 0.416 e. The normalized spacial score (nSPS) is 11.6. The highest BCUT2D eigenvalue weighted by molar-refractivity contribution is 7.90. The van der Waals surface area contributed by atoms with Crippen molar-refractivity contribution in [2.75, 3.05) is 6.26 Å². The molecule has 27 heavy (non-hydrogen) atoms. The Bertz CT molecular complexity index is 1190. The Labute approximate surface area is 155 Å². The van der Waals surface area contributed by atoms with E-state index in [-0.39, 0.29) is 16.7 Å². The fraction of sp³-hybridized carbons (Fsp3) is 0.105. The van der Waals surface area contributed by atoms with Crippen molar-refractivity contribution in [1.29, 1.82) is 0 Å². The number of benzene rings is 2. The van der Waals surface area contributed by atoms with Gasteiger partial charge >= 0.3 is 0 Å². The van der Waals surface area contributed by atoms with E-state index in [1.165, 1.54) is 12.1 Å². The van der Waals surface area contributed by atoms with E-state index < -0.39 is 9.84 Å². The fourth-order valence-electron chi connectivity index (χ4n) is 2.70. The second-order valence-electron chi connectivity index (χ2n) is 6.04. The van der Waals surface area contributed by atoms with Gasteiger partial charge in [0.2, 0.25) is 5.89 Å². The lowest BCUT2D eigenvalue weighted by Crippen LogP contribution is -1.96. The first-order chi connectivity index (χ1) is 12.9. The van der Waals surface area contributed by atoms with Crippen molar-refractivity contribution in [3.05, 3.63) is 60.4 Å². The third-order valence-corrected chi connectivity index (χ3v) is 5.21. The minimum Gasteiger partial charge on any atom is -0.416 e. The molecule has 2 heterocycles. The third-order valence-electron chi connectivity index (χ3n) is 4.08. The Balaban J connectivity index is 1.73. The number of aryl methyl sites for hydroxylation is 1. The predicted octanol–water partition coefficient (Wildman–Crippen LogP) is 3.77. The molecule has 0 fully saturated rings. The van der Waals surface area contributed by atoms with E-state index >= 15 is 0 Å². The average Bonchev–Trinajstić information content (AvgIpc) is 3.28. The van der Waals surface area contributed by atoms with E-state index in [1.807, 2.05) is 30.3 Å². The van der Waals surface area contributed by atoms with E-state index in [4.69, 9.17) is 8.94 Å². The van der Waals surface area contributed by atoms with Crippen LogP contribution in [0.25, 0.3) is 34.2 Å². The first kappa shape index (κ1) is 17.2. The molecule has 0 N–H and O–H groups in total. The molecule has 0 aliphatic rings. The fourth-order valence-corrected chi connectivity index (χ4v) is 3.33. The molecular formula is C19H15N3O4S. The molecule has 4 rings (SSSR count). The maximum atomic E-state index is 11.6. The van der Waals surface area contributed by atoms with Crippen LogP contribution in [0.5, 0.6) is 0 Å². The van der Waals surface area contributed by atoms with E-state index in [0.29, 0.717) is 22.6 Å². The molecule has 2 aromatic carbocycles. The van der Waals surface area contributed by atoms with Crippen molar-refractivity contribution in [3.8, 4) is 34.2 Å². The third kappa shape index (κ3) is 3.26. The molecule has 7 nitrogen and oxygen atoms in total. The van der Waals surface area contributed by atoms with Crippen LogP contribution in [0.15, 0.2) is 68.4 Å². The lowest BCUT2D eigenvalue weighted by atomic mass is 10.1. The van der Waals surface area contributed by atoms with Gasteiger partial charge in [0.05, 0.1) is 4.90 Å². The Kier molecular flexibility index (Phi) is 4.12. The second-order valence-corrected chi connectivity index (χ2v) is 8.05. The average molecular weight is 381 g/mol. The molecule has 0 unspecified atom stereocenters. The number of aromatic nitrogens is 3. The quantitative estimate of drug-likeness (QED) is 0.530. The molecule has 4 aromatic rings. The van der Waals surface area contributed by atoms with Crippen LogP contribution in [0, 0.1) is 6.92 Å². The summed E-state index contributed by atoms with van der Waals surface area (Å²) in [5.41, 5.74) is 2.75. The van der Waals surface area contributed by atoms with E-state index in [2.05, 4.69) is 15.4 Å². The molecule has 136 valence electrons. The molecule has 0 aliphatic heterocycles. The van der Waals surface area contributed by atoms with Gasteiger partial charge in [0, 0.05) is 17.4 Å². The first-order valence-electron chi connectivity index (χ1n) is 8.09. The van der Waals surface area contributed by atoms with Crippen LogP contribution in [0.3, 0.4) is 0 Å². The van der Waals surface area contributed by atoms with Gasteiger partial charge in [0.25, 0.3) is 5.89 Å². The standard InChI is InChI=1S/C19H15N3O4S/c1-12-16(17(22-26-12)13-6-4-3-5-7-13)19-21-20-18(25-19)14-8-10-15(11-9-14)27(2,23)24/h3-11H,1-2H3. The molecule has 0 saturated carbocycles. The van der Waals surface area contributed by atoms with Crippen LogP contribution in [-0.4, -0.2) is 30.0 Å². The summed E-state index contributed by atoms with van der Waals surface area (Å²) < 4.78 is 34.3. The molecule has 0 spiro atoms. The highest BCUT2D eigenvalue weighted by Gasteiger charge is 2.22. The number of rotatable bonds is 4. The van der Waals surface area contributed by atoms with Crippen LogP contribution in [-0.2, 0) is 9.84 Å². The minimum absolute atomic E-state index is 0.229.